The fourth-order valence-electron chi connectivity index (χ4n) is 3.00. The molecular weight excluding hydrogens is 295 g/mol. The molecule has 2 heterocycles. The number of carbonyl (C=O) groups is 1. The van der Waals surface area contributed by atoms with Crippen LogP contribution >= 0.6 is 0 Å². The zero-order chi connectivity index (χ0) is 16.2. The second-order valence-electron chi connectivity index (χ2n) is 5.99. The van der Waals surface area contributed by atoms with Gasteiger partial charge in [-0.15, -0.1) is 10.2 Å². The van der Waals surface area contributed by atoms with Crippen molar-refractivity contribution < 1.29 is 9.18 Å². The van der Waals surface area contributed by atoms with Gasteiger partial charge >= 0.3 is 0 Å². The van der Waals surface area contributed by atoms with Crippen molar-refractivity contribution in [3.8, 4) is 0 Å². The highest BCUT2D eigenvalue weighted by molar-refractivity contribution is 5.78. The van der Waals surface area contributed by atoms with E-state index in [4.69, 9.17) is 0 Å². The van der Waals surface area contributed by atoms with Gasteiger partial charge in [0.25, 0.3) is 0 Å². The molecule has 1 amide bonds. The number of nitrogens with zero attached hydrogens (tertiary/aromatic N) is 3. The molecule has 5 nitrogen and oxygen atoms in total. The predicted molar refractivity (Wildman–Crippen MR) is 84.2 cm³/mol. The topological polar surface area (TPSA) is 59.8 Å². The van der Waals surface area contributed by atoms with Crippen LogP contribution in [0.4, 0.5) is 4.39 Å². The average Bonchev–Trinajstić information content (AvgIpc) is 2.79. The highest BCUT2D eigenvalue weighted by atomic mass is 19.1. The Bertz CT molecular complexity index is 698. The van der Waals surface area contributed by atoms with Crippen molar-refractivity contribution in [2.45, 2.75) is 51.6 Å². The number of nitrogens with one attached hydrogen (secondary N) is 1. The first-order chi connectivity index (χ1) is 11.1. The van der Waals surface area contributed by atoms with E-state index in [1.807, 2.05) is 6.92 Å². The first-order valence-corrected chi connectivity index (χ1v) is 8.10. The van der Waals surface area contributed by atoms with Gasteiger partial charge in [-0.2, -0.15) is 0 Å². The third-order valence-electron chi connectivity index (χ3n) is 4.21. The highest BCUT2D eigenvalue weighted by Crippen LogP contribution is 2.18. The van der Waals surface area contributed by atoms with Crippen LogP contribution in [0.2, 0.25) is 0 Å². The van der Waals surface area contributed by atoms with Crippen LogP contribution in [0.15, 0.2) is 24.3 Å². The monoisotopic (exact) mass is 316 g/mol. The quantitative estimate of drug-likeness (QED) is 0.943. The number of benzene rings is 1. The lowest BCUT2D eigenvalue weighted by atomic mass is 10.1. The molecule has 0 fully saturated rings. The third kappa shape index (κ3) is 3.57. The lowest BCUT2D eigenvalue weighted by Crippen LogP contribution is -2.30. The number of hydrogen-bond donors (Lipinski definition) is 1. The molecule has 0 spiro atoms. The minimum Gasteiger partial charge on any atom is -0.346 e. The number of carbonyl (C=O) groups excluding carboxylic acids is 1. The van der Waals surface area contributed by atoms with Crippen LogP contribution in [0.1, 0.15) is 49.4 Å². The number of aryl methyl sites for hydroxylation is 1. The van der Waals surface area contributed by atoms with Crippen molar-refractivity contribution in [1.29, 1.82) is 0 Å². The number of fused-ring (bicyclic) bond motifs is 1. The first kappa shape index (κ1) is 15.6. The van der Waals surface area contributed by atoms with Crippen molar-refractivity contribution in [2.24, 2.45) is 0 Å². The number of rotatable bonds is 4. The molecule has 0 unspecified atom stereocenters. The smallest absolute Gasteiger partial charge is 0.225 e. The van der Waals surface area contributed by atoms with Gasteiger partial charge < -0.3 is 9.88 Å². The van der Waals surface area contributed by atoms with Gasteiger partial charge in [0.1, 0.15) is 11.6 Å². The van der Waals surface area contributed by atoms with E-state index >= 15 is 0 Å². The highest BCUT2D eigenvalue weighted by Gasteiger charge is 2.20. The van der Waals surface area contributed by atoms with Crippen molar-refractivity contribution in [3.63, 3.8) is 0 Å². The average molecular weight is 316 g/mol. The van der Waals surface area contributed by atoms with Gasteiger partial charge in [-0.05, 0) is 31.4 Å². The fourth-order valence-corrected chi connectivity index (χ4v) is 3.00. The Labute approximate surface area is 134 Å². The van der Waals surface area contributed by atoms with Crippen molar-refractivity contribution >= 4 is 5.91 Å². The summed E-state index contributed by atoms with van der Waals surface area (Å²) in [6, 6.07) is 6.10. The zero-order valence-corrected chi connectivity index (χ0v) is 13.3. The molecule has 0 aliphatic carbocycles. The van der Waals surface area contributed by atoms with Crippen LogP contribution in [0, 0.1) is 5.82 Å². The van der Waals surface area contributed by atoms with Crippen LogP contribution < -0.4 is 5.32 Å². The maximum atomic E-state index is 13.6. The molecule has 1 atom stereocenters. The van der Waals surface area contributed by atoms with E-state index in [9.17, 15) is 9.18 Å². The number of amides is 1. The van der Waals surface area contributed by atoms with Gasteiger partial charge in [-0.3, -0.25) is 4.79 Å². The summed E-state index contributed by atoms with van der Waals surface area (Å²) in [5.41, 5.74) is 0.400. The standard InChI is InChI=1S/C17H21FN4O/c1-12(17-21-20-15-9-3-2-6-10-22(15)17)19-16(23)11-13-7-4-5-8-14(13)18/h4-5,7-8,12H,2-3,6,9-11H2,1H3,(H,19,23)/t12-/m1/s1. The second kappa shape index (κ2) is 6.89. The van der Waals surface area contributed by atoms with Crippen LogP contribution in [-0.4, -0.2) is 20.7 Å². The van der Waals surface area contributed by atoms with Gasteiger partial charge in [0.2, 0.25) is 5.91 Å². The Morgan fingerprint density at radius 1 is 1.30 bits per heavy atom. The predicted octanol–water partition coefficient (Wildman–Crippen LogP) is 2.56. The SMILES string of the molecule is C[C@@H](NC(=O)Cc1ccccc1F)c1nnc2n1CCCCC2. The summed E-state index contributed by atoms with van der Waals surface area (Å²) < 4.78 is 15.7. The fraction of sp³-hybridized carbons (Fsp3) is 0.471. The summed E-state index contributed by atoms with van der Waals surface area (Å²) in [6.45, 7) is 2.78. The Hall–Kier alpha value is -2.24. The molecule has 6 heteroatoms. The molecule has 1 aliphatic heterocycles. The van der Waals surface area contributed by atoms with Crippen LogP contribution in [0.5, 0.6) is 0 Å². The normalized spacial score (nSPS) is 15.6. The summed E-state index contributed by atoms with van der Waals surface area (Å²) in [5, 5.41) is 11.4. The summed E-state index contributed by atoms with van der Waals surface area (Å²) in [4.78, 5) is 12.2. The molecule has 2 aromatic rings. The van der Waals surface area contributed by atoms with Gasteiger partial charge in [0, 0.05) is 13.0 Å². The van der Waals surface area contributed by atoms with Crippen molar-refractivity contribution in [3.05, 3.63) is 47.3 Å². The minimum atomic E-state index is -0.355. The Morgan fingerprint density at radius 3 is 2.96 bits per heavy atom. The first-order valence-electron chi connectivity index (χ1n) is 8.10. The Balaban J connectivity index is 1.67. The lowest BCUT2D eigenvalue weighted by Gasteiger charge is -2.15. The van der Waals surface area contributed by atoms with E-state index in [0.29, 0.717) is 5.56 Å². The van der Waals surface area contributed by atoms with E-state index in [1.165, 1.54) is 12.5 Å². The third-order valence-corrected chi connectivity index (χ3v) is 4.21. The largest absolute Gasteiger partial charge is 0.346 e. The van der Waals surface area contributed by atoms with Crippen LogP contribution in [0.3, 0.4) is 0 Å². The molecule has 1 aromatic heterocycles. The molecule has 1 aliphatic rings. The van der Waals surface area contributed by atoms with E-state index < -0.39 is 0 Å². The van der Waals surface area contributed by atoms with E-state index in [-0.39, 0.29) is 24.2 Å². The van der Waals surface area contributed by atoms with E-state index in [0.717, 1.165) is 37.5 Å². The van der Waals surface area contributed by atoms with Crippen LogP contribution in [-0.2, 0) is 24.2 Å². The minimum absolute atomic E-state index is 0.0258. The Kier molecular flexibility index (Phi) is 4.69. The van der Waals surface area contributed by atoms with Crippen molar-refractivity contribution in [1.82, 2.24) is 20.1 Å². The zero-order valence-electron chi connectivity index (χ0n) is 13.3. The summed E-state index contributed by atoms with van der Waals surface area (Å²) in [5.74, 6) is 1.21. The maximum absolute atomic E-state index is 13.6. The molecule has 1 aromatic carbocycles. The van der Waals surface area contributed by atoms with E-state index in [1.54, 1.807) is 18.2 Å². The molecule has 0 bridgehead atoms. The molecule has 0 saturated heterocycles. The van der Waals surface area contributed by atoms with Gasteiger partial charge in [0.05, 0.1) is 12.5 Å². The Morgan fingerprint density at radius 2 is 2.13 bits per heavy atom. The van der Waals surface area contributed by atoms with Crippen molar-refractivity contribution in [2.75, 3.05) is 0 Å². The summed E-state index contributed by atoms with van der Waals surface area (Å²) in [7, 11) is 0. The molecule has 1 N–H and O–H groups in total. The van der Waals surface area contributed by atoms with Gasteiger partial charge in [-0.25, -0.2) is 4.39 Å². The molecule has 122 valence electrons. The molecule has 23 heavy (non-hydrogen) atoms. The van der Waals surface area contributed by atoms with Crippen LogP contribution in [0.25, 0.3) is 0 Å². The second-order valence-corrected chi connectivity index (χ2v) is 5.99. The summed E-state index contributed by atoms with van der Waals surface area (Å²) >= 11 is 0. The summed E-state index contributed by atoms with van der Waals surface area (Å²) in [6.07, 6.45) is 4.39. The number of halogens is 1. The lowest BCUT2D eigenvalue weighted by molar-refractivity contribution is -0.121. The van der Waals surface area contributed by atoms with Gasteiger partial charge in [0.15, 0.2) is 5.82 Å². The number of hydrogen-bond acceptors (Lipinski definition) is 3. The molecule has 3 rings (SSSR count). The molecule has 0 saturated carbocycles. The number of aromatic nitrogens is 3. The van der Waals surface area contributed by atoms with E-state index in [2.05, 4.69) is 20.1 Å². The molecular formula is C17H21FN4O. The molecule has 0 radical (unpaired) electrons. The maximum Gasteiger partial charge on any atom is 0.225 e. The van der Waals surface area contributed by atoms with Gasteiger partial charge in [-0.1, -0.05) is 24.6 Å².